The zero-order valence-corrected chi connectivity index (χ0v) is 25.6. The SMILES string of the molecule is C[C@@H]1[C@H](CSc2ncccn2)O[C@H](c2ccc(-c3cccc(CNC(=O)c4cccnc4)c3)cc2)O[C@@H]1c1ccc(CO)cc1. The number of nitrogens with one attached hydrogen (secondary N) is 1. The van der Waals surface area contributed by atoms with Crippen LogP contribution >= 0.6 is 11.8 Å². The lowest BCUT2D eigenvalue weighted by molar-refractivity contribution is -0.268. The van der Waals surface area contributed by atoms with Crippen LogP contribution in [0.15, 0.2) is 121 Å². The maximum atomic E-state index is 12.5. The fourth-order valence-corrected chi connectivity index (χ4v) is 6.27. The normalized spacial score (nSPS) is 19.6. The Morgan fingerprint density at radius 1 is 0.844 bits per heavy atom. The third-order valence-corrected chi connectivity index (χ3v) is 8.83. The van der Waals surface area contributed by atoms with Gasteiger partial charge >= 0.3 is 0 Å². The summed E-state index contributed by atoms with van der Waals surface area (Å²) in [7, 11) is 0. The minimum Gasteiger partial charge on any atom is -0.392 e. The van der Waals surface area contributed by atoms with Gasteiger partial charge in [-0.3, -0.25) is 9.78 Å². The second-order valence-corrected chi connectivity index (χ2v) is 11.9. The van der Waals surface area contributed by atoms with Crippen molar-refractivity contribution in [1.29, 1.82) is 0 Å². The molecule has 2 aromatic heterocycles. The summed E-state index contributed by atoms with van der Waals surface area (Å²) < 4.78 is 13.2. The van der Waals surface area contributed by atoms with Gasteiger partial charge in [0.05, 0.1) is 24.4 Å². The fourth-order valence-electron chi connectivity index (χ4n) is 5.30. The van der Waals surface area contributed by atoms with E-state index in [1.165, 1.54) is 0 Å². The van der Waals surface area contributed by atoms with E-state index in [4.69, 9.17) is 9.47 Å². The lowest BCUT2D eigenvalue weighted by Crippen LogP contribution is -2.38. The first-order valence-electron chi connectivity index (χ1n) is 14.9. The Balaban J connectivity index is 1.18. The first-order chi connectivity index (χ1) is 22.1. The van der Waals surface area contributed by atoms with Gasteiger partial charge in [0.2, 0.25) is 0 Å². The molecule has 0 saturated carbocycles. The highest BCUT2D eigenvalue weighted by Gasteiger charge is 2.38. The molecule has 5 aromatic rings. The van der Waals surface area contributed by atoms with Crippen LogP contribution in [0.4, 0.5) is 0 Å². The van der Waals surface area contributed by atoms with Gasteiger partial charge in [-0.15, -0.1) is 0 Å². The molecule has 0 spiro atoms. The second kappa shape index (κ2) is 14.6. The molecule has 6 rings (SSSR count). The van der Waals surface area contributed by atoms with Crippen molar-refractivity contribution >= 4 is 17.7 Å². The molecular formula is C36H34N4O4S. The maximum Gasteiger partial charge on any atom is 0.253 e. The molecule has 4 atom stereocenters. The highest BCUT2D eigenvalue weighted by atomic mass is 32.2. The molecule has 0 bridgehead atoms. The van der Waals surface area contributed by atoms with Crippen LogP contribution in [0.5, 0.6) is 0 Å². The van der Waals surface area contributed by atoms with E-state index in [1.807, 2.05) is 48.5 Å². The number of aromatic nitrogens is 3. The summed E-state index contributed by atoms with van der Waals surface area (Å²) in [5, 5.41) is 13.2. The molecule has 228 valence electrons. The van der Waals surface area contributed by atoms with Crippen LogP contribution in [0.25, 0.3) is 11.1 Å². The molecule has 45 heavy (non-hydrogen) atoms. The standard InChI is InChI=1S/C36H34N4O4S/c1-24-32(23-45-36-38-17-4-18-39-36)43-35(44-33(24)28-10-8-25(22-41)9-11-28)29-14-12-27(13-15-29)30-6-2-5-26(19-30)20-40-34(42)31-7-3-16-37-21-31/h2-19,21,24,32-33,35,41H,20,22-23H2,1H3,(H,40,42)/t24-,32+,33+,35+/m1/s1. The Bertz CT molecular complexity index is 1690. The number of hydrogen-bond acceptors (Lipinski definition) is 8. The average molecular weight is 619 g/mol. The average Bonchev–Trinajstić information content (AvgIpc) is 3.11. The van der Waals surface area contributed by atoms with Gasteiger partial charge in [-0.05, 0) is 52.1 Å². The van der Waals surface area contributed by atoms with Crippen LogP contribution in [0.3, 0.4) is 0 Å². The third kappa shape index (κ3) is 7.64. The van der Waals surface area contributed by atoms with Crippen molar-refractivity contribution in [2.45, 2.75) is 43.7 Å². The van der Waals surface area contributed by atoms with Crippen molar-refractivity contribution < 1.29 is 19.4 Å². The van der Waals surface area contributed by atoms with Crippen molar-refractivity contribution in [2.24, 2.45) is 5.92 Å². The summed E-state index contributed by atoms with van der Waals surface area (Å²) in [6, 6.07) is 29.6. The summed E-state index contributed by atoms with van der Waals surface area (Å²) in [6.45, 7) is 2.56. The molecular weight excluding hydrogens is 584 g/mol. The molecule has 1 aliphatic rings. The largest absolute Gasteiger partial charge is 0.392 e. The molecule has 1 fully saturated rings. The van der Waals surface area contributed by atoms with E-state index in [2.05, 4.69) is 51.5 Å². The number of hydrogen-bond donors (Lipinski definition) is 2. The number of pyridine rings is 1. The number of nitrogens with zero attached hydrogens (tertiary/aromatic N) is 3. The molecule has 2 N–H and O–H groups in total. The van der Waals surface area contributed by atoms with Crippen LogP contribution in [-0.4, -0.2) is 37.8 Å². The molecule has 9 heteroatoms. The summed E-state index contributed by atoms with van der Waals surface area (Å²) in [5.74, 6) is 0.590. The number of benzene rings is 3. The van der Waals surface area contributed by atoms with Gasteiger partial charge < -0.3 is 19.9 Å². The van der Waals surface area contributed by atoms with Crippen molar-refractivity contribution in [2.75, 3.05) is 5.75 Å². The van der Waals surface area contributed by atoms with Crippen molar-refractivity contribution in [3.63, 3.8) is 0 Å². The van der Waals surface area contributed by atoms with Crippen LogP contribution in [0.2, 0.25) is 0 Å². The number of aliphatic hydroxyl groups is 1. The van der Waals surface area contributed by atoms with Gasteiger partial charge in [-0.25, -0.2) is 9.97 Å². The molecule has 1 amide bonds. The van der Waals surface area contributed by atoms with Gasteiger partial charge in [0, 0.05) is 48.6 Å². The number of amides is 1. The Morgan fingerprint density at radius 3 is 2.36 bits per heavy atom. The fraction of sp³-hybridized carbons (Fsp3) is 0.222. The Hall–Kier alpha value is -4.41. The van der Waals surface area contributed by atoms with E-state index in [-0.39, 0.29) is 30.6 Å². The van der Waals surface area contributed by atoms with Crippen LogP contribution in [0, 0.1) is 5.92 Å². The van der Waals surface area contributed by atoms with Crippen LogP contribution in [0.1, 0.15) is 51.9 Å². The van der Waals surface area contributed by atoms with E-state index in [9.17, 15) is 9.90 Å². The lowest BCUT2D eigenvalue weighted by Gasteiger charge is -2.41. The topological polar surface area (TPSA) is 106 Å². The second-order valence-electron chi connectivity index (χ2n) is 10.9. The van der Waals surface area contributed by atoms with Gasteiger partial charge in [0.25, 0.3) is 5.91 Å². The minimum absolute atomic E-state index is 0.00126. The highest BCUT2D eigenvalue weighted by molar-refractivity contribution is 7.99. The summed E-state index contributed by atoms with van der Waals surface area (Å²) in [5.41, 5.74) is 6.46. The Morgan fingerprint density at radius 2 is 1.62 bits per heavy atom. The number of aliphatic hydroxyl groups excluding tert-OH is 1. The maximum absolute atomic E-state index is 12.5. The van der Waals surface area contributed by atoms with Crippen molar-refractivity contribution in [3.05, 3.63) is 144 Å². The Labute approximate surface area is 266 Å². The molecule has 3 heterocycles. The van der Waals surface area contributed by atoms with E-state index in [0.29, 0.717) is 23.0 Å². The predicted molar refractivity (Wildman–Crippen MR) is 173 cm³/mol. The number of rotatable bonds is 10. The number of thioether (sulfide) groups is 1. The molecule has 0 aliphatic carbocycles. The highest BCUT2D eigenvalue weighted by Crippen LogP contribution is 2.43. The summed E-state index contributed by atoms with van der Waals surface area (Å²) >= 11 is 1.57. The number of carbonyl (C=O) groups is 1. The third-order valence-electron chi connectivity index (χ3n) is 7.86. The van der Waals surface area contributed by atoms with Crippen molar-refractivity contribution in [3.8, 4) is 11.1 Å². The van der Waals surface area contributed by atoms with Crippen LogP contribution in [-0.2, 0) is 22.6 Å². The van der Waals surface area contributed by atoms with Crippen LogP contribution < -0.4 is 5.32 Å². The van der Waals surface area contributed by atoms with E-state index < -0.39 is 6.29 Å². The first kappa shape index (κ1) is 30.6. The zero-order valence-electron chi connectivity index (χ0n) is 24.8. The molecule has 0 radical (unpaired) electrons. The van der Waals surface area contributed by atoms with E-state index in [0.717, 1.165) is 33.4 Å². The monoisotopic (exact) mass is 618 g/mol. The number of ether oxygens (including phenoxy) is 2. The molecule has 0 unspecified atom stereocenters. The minimum atomic E-state index is -0.561. The Kier molecular flexibility index (Phi) is 9.92. The summed E-state index contributed by atoms with van der Waals surface area (Å²) in [4.78, 5) is 25.2. The smallest absolute Gasteiger partial charge is 0.253 e. The van der Waals surface area contributed by atoms with E-state index >= 15 is 0 Å². The van der Waals surface area contributed by atoms with Gasteiger partial charge in [0.1, 0.15) is 0 Å². The van der Waals surface area contributed by atoms with Gasteiger partial charge in [-0.1, -0.05) is 85.4 Å². The van der Waals surface area contributed by atoms with Crippen molar-refractivity contribution in [1.82, 2.24) is 20.3 Å². The molecule has 1 saturated heterocycles. The zero-order chi connectivity index (χ0) is 31.0. The van der Waals surface area contributed by atoms with E-state index in [1.54, 1.807) is 54.7 Å². The first-order valence-corrected chi connectivity index (χ1v) is 15.8. The predicted octanol–water partition coefficient (Wildman–Crippen LogP) is 6.54. The van der Waals surface area contributed by atoms with Gasteiger partial charge in [0.15, 0.2) is 11.4 Å². The molecule has 3 aromatic carbocycles. The molecule has 1 aliphatic heterocycles. The quantitative estimate of drug-likeness (QED) is 0.134. The summed E-state index contributed by atoms with van der Waals surface area (Å²) in [6.07, 6.45) is 5.82. The van der Waals surface area contributed by atoms with Gasteiger partial charge in [-0.2, -0.15) is 0 Å². The molecule has 8 nitrogen and oxygen atoms in total. The number of carbonyl (C=O) groups excluding carboxylic acids is 1. The lowest BCUT2D eigenvalue weighted by atomic mass is 9.91.